The average Bonchev–Trinajstić information content (AvgIpc) is 2.60. The van der Waals surface area contributed by atoms with Crippen LogP contribution in [0.4, 0.5) is 0 Å². The maximum absolute atomic E-state index is 11.1. The Morgan fingerprint density at radius 3 is 2.47 bits per heavy atom. The summed E-state index contributed by atoms with van der Waals surface area (Å²) in [6.45, 7) is 5.69. The Balaban J connectivity index is 2.34. The van der Waals surface area contributed by atoms with Crippen LogP contribution in [-0.2, 0) is 11.2 Å². The molecule has 0 unspecified atom stereocenters. The highest BCUT2D eigenvalue weighted by molar-refractivity contribution is 7.15. The quantitative estimate of drug-likeness (QED) is 0.827. The fourth-order valence-corrected chi connectivity index (χ4v) is 2.58. The lowest BCUT2D eigenvalue weighted by atomic mass is 10.1. The van der Waals surface area contributed by atoms with E-state index in [0.29, 0.717) is 6.42 Å². The fraction of sp³-hybridized carbons (Fsp3) is 0.286. The van der Waals surface area contributed by atoms with E-state index in [1.54, 1.807) is 18.3 Å². The van der Waals surface area contributed by atoms with Crippen LogP contribution in [0.3, 0.4) is 0 Å². The van der Waals surface area contributed by atoms with Gasteiger partial charge in [-0.05, 0) is 20.8 Å². The maximum atomic E-state index is 11.1. The number of aryl methyl sites for hydroxylation is 2. The maximum Gasteiger partial charge on any atom is 0.135 e. The lowest BCUT2D eigenvalue weighted by Crippen LogP contribution is -1.97. The third kappa shape index (κ3) is 2.80. The summed E-state index contributed by atoms with van der Waals surface area (Å²) in [5, 5.41) is 0.999. The van der Waals surface area contributed by atoms with Crippen LogP contribution < -0.4 is 0 Å². The van der Waals surface area contributed by atoms with E-state index in [9.17, 15) is 4.79 Å². The second-order valence-corrected chi connectivity index (χ2v) is 5.47. The first kappa shape index (κ1) is 12.0. The zero-order valence-corrected chi connectivity index (χ0v) is 11.1. The van der Waals surface area contributed by atoms with Crippen LogP contribution >= 0.6 is 11.3 Å². The summed E-state index contributed by atoms with van der Waals surface area (Å²) in [5.74, 6) is 0.161. The van der Waals surface area contributed by atoms with Crippen molar-refractivity contribution in [2.75, 3.05) is 0 Å². The Kier molecular flexibility index (Phi) is 3.38. The molecule has 2 nitrogen and oxygen atoms in total. The van der Waals surface area contributed by atoms with Crippen LogP contribution in [0.2, 0.25) is 0 Å². The van der Waals surface area contributed by atoms with Gasteiger partial charge in [-0.1, -0.05) is 29.8 Å². The van der Waals surface area contributed by atoms with Gasteiger partial charge in [0.2, 0.25) is 0 Å². The summed E-state index contributed by atoms with van der Waals surface area (Å²) in [7, 11) is 0. The number of carbonyl (C=O) groups excluding carboxylic acids is 1. The van der Waals surface area contributed by atoms with Gasteiger partial charge < -0.3 is 0 Å². The lowest BCUT2D eigenvalue weighted by Gasteiger charge is -1.96. The number of aromatic nitrogens is 1. The normalized spacial score (nSPS) is 10.5. The predicted molar refractivity (Wildman–Crippen MR) is 71.4 cm³/mol. The summed E-state index contributed by atoms with van der Waals surface area (Å²) in [6.07, 6.45) is 0.439. The number of carbonyl (C=O) groups is 1. The average molecular weight is 245 g/mol. The number of hydrogen-bond donors (Lipinski definition) is 0. The van der Waals surface area contributed by atoms with E-state index in [2.05, 4.69) is 36.2 Å². The first-order chi connectivity index (χ1) is 8.06. The smallest absolute Gasteiger partial charge is 0.135 e. The van der Waals surface area contributed by atoms with Crippen LogP contribution in [0, 0.1) is 13.8 Å². The minimum atomic E-state index is 0.161. The molecule has 0 atom stereocenters. The van der Waals surface area contributed by atoms with Gasteiger partial charge in [0.25, 0.3) is 0 Å². The van der Waals surface area contributed by atoms with Gasteiger partial charge in [-0.15, -0.1) is 11.3 Å². The summed E-state index contributed by atoms with van der Waals surface area (Å²) >= 11 is 1.65. The number of ketones is 1. The zero-order chi connectivity index (χ0) is 12.4. The first-order valence-electron chi connectivity index (χ1n) is 5.59. The molecule has 2 rings (SSSR count). The Bertz CT molecular complexity index is 540. The number of benzene rings is 1. The molecule has 0 N–H and O–H groups in total. The molecule has 0 saturated carbocycles. The molecule has 2 aromatic rings. The van der Waals surface area contributed by atoms with E-state index >= 15 is 0 Å². The molecule has 0 aliphatic carbocycles. The predicted octanol–water partition coefficient (Wildman–Crippen LogP) is 3.56. The number of thiazole rings is 1. The molecule has 1 aromatic heterocycles. The largest absolute Gasteiger partial charge is 0.300 e. The third-order valence-electron chi connectivity index (χ3n) is 2.61. The molecule has 0 aliphatic heterocycles. The Hall–Kier alpha value is -1.48. The Morgan fingerprint density at radius 1 is 1.24 bits per heavy atom. The highest BCUT2D eigenvalue weighted by Crippen LogP contribution is 2.28. The van der Waals surface area contributed by atoms with Crippen LogP contribution in [-0.4, -0.2) is 10.8 Å². The van der Waals surface area contributed by atoms with Gasteiger partial charge >= 0.3 is 0 Å². The van der Waals surface area contributed by atoms with Crippen molar-refractivity contribution in [2.24, 2.45) is 0 Å². The molecule has 0 aliphatic rings. The van der Waals surface area contributed by atoms with Gasteiger partial charge in [-0.2, -0.15) is 0 Å². The Labute approximate surface area is 105 Å². The van der Waals surface area contributed by atoms with E-state index < -0.39 is 0 Å². The summed E-state index contributed by atoms with van der Waals surface area (Å²) in [6, 6.07) is 8.31. The van der Waals surface area contributed by atoms with Crippen molar-refractivity contribution in [3.8, 4) is 10.6 Å². The van der Waals surface area contributed by atoms with E-state index in [1.165, 1.54) is 5.56 Å². The molecule has 3 heteroatoms. The molecule has 88 valence electrons. The van der Waals surface area contributed by atoms with E-state index in [-0.39, 0.29) is 5.78 Å². The molecular weight excluding hydrogens is 230 g/mol. The van der Waals surface area contributed by atoms with Crippen LogP contribution in [0.25, 0.3) is 10.6 Å². The first-order valence-corrected chi connectivity index (χ1v) is 6.40. The molecule has 0 radical (unpaired) electrons. The van der Waals surface area contributed by atoms with Crippen LogP contribution in [0.15, 0.2) is 24.3 Å². The van der Waals surface area contributed by atoms with Crippen molar-refractivity contribution in [2.45, 2.75) is 27.2 Å². The molecule has 0 bridgehead atoms. The summed E-state index contributed by atoms with van der Waals surface area (Å²) in [5.41, 5.74) is 3.28. The van der Waals surface area contributed by atoms with Crippen LogP contribution in [0.5, 0.6) is 0 Å². The molecule has 0 fully saturated rings. The second kappa shape index (κ2) is 4.80. The van der Waals surface area contributed by atoms with Gasteiger partial charge in [0.1, 0.15) is 10.8 Å². The van der Waals surface area contributed by atoms with E-state index in [1.807, 2.05) is 6.92 Å². The highest BCUT2D eigenvalue weighted by Gasteiger charge is 2.10. The molecule has 1 aromatic carbocycles. The van der Waals surface area contributed by atoms with Crippen molar-refractivity contribution in [3.05, 3.63) is 40.4 Å². The number of nitrogens with zero attached hydrogens (tertiary/aromatic N) is 1. The SMILES string of the molecule is CC(=O)Cc1nc(-c2ccc(C)cc2)sc1C. The summed E-state index contributed by atoms with van der Waals surface area (Å²) in [4.78, 5) is 16.8. The van der Waals surface area contributed by atoms with Gasteiger partial charge in [-0.3, -0.25) is 4.79 Å². The van der Waals surface area contributed by atoms with Gasteiger partial charge in [0, 0.05) is 16.9 Å². The number of Topliss-reactive ketones (excluding diaryl/α,β-unsaturated/α-hetero) is 1. The van der Waals surface area contributed by atoms with Crippen molar-refractivity contribution >= 4 is 17.1 Å². The molecule has 0 spiro atoms. The standard InChI is InChI=1S/C14H15NOS/c1-9-4-6-12(7-5-9)14-15-13(8-10(2)16)11(3)17-14/h4-7H,8H2,1-3H3. The molecule has 0 amide bonds. The molecule has 17 heavy (non-hydrogen) atoms. The molecule has 0 saturated heterocycles. The van der Waals surface area contributed by atoms with Gasteiger partial charge in [0.05, 0.1) is 5.69 Å². The number of rotatable bonds is 3. The van der Waals surface area contributed by atoms with Crippen LogP contribution in [0.1, 0.15) is 23.1 Å². The van der Waals surface area contributed by atoms with Gasteiger partial charge in [-0.25, -0.2) is 4.98 Å². The van der Waals surface area contributed by atoms with Crippen molar-refractivity contribution < 1.29 is 4.79 Å². The number of hydrogen-bond acceptors (Lipinski definition) is 3. The van der Waals surface area contributed by atoms with E-state index in [0.717, 1.165) is 21.1 Å². The topological polar surface area (TPSA) is 30.0 Å². The molecule has 1 heterocycles. The third-order valence-corrected chi connectivity index (χ3v) is 3.67. The van der Waals surface area contributed by atoms with E-state index in [4.69, 9.17) is 0 Å². The molecular formula is C14H15NOS. The zero-order valence-electron chi connectivity index (χ0n) is 10.3. The van der Waals surface area contributed by atoms with Crippen molar-refractivity contribution in [1.29, 1.82) is 0 Å². The lowest BCUT2D eigenvalue weighted by molar-refractivity contribution is -0.116. The monoisotopic (exact) mass is 245 g/mol. The second-order valence-electron chi connectivity index (χ2n) is 4.27. The highest BCUT2D eigenvalue weighted by atomic mass is 32.1. The van der Waals surface area contributed by atoms with Crippen molar-refractivity contribution in [1.82, 2.24) is 4.98 Å². The Morgan fingerprint density at radius 2 is 1.88 bits per heavy atom. The fourth-order valence-electron chi connectivity index (χ4n) is 1.65. The van der Waals surface area contributed by atoms with Gasteiger partial charge in [0.15, 0.2) is 0 Å². The summed E-state index contributed by atoms with van der Waals surface area (Å²) < 4.78 is 0. The minimum absolute atomic E-state index is 0.161. The minimum Gasteiger partial charge on any atom is -0.300 e. The van der Waals surface area contributed by atoms with Crippen molar-refractivity contribution in [3.63, 3.8) is 0 Å².